The highest BCUT2D eigenvalue weighted by Gasteiger charge is 2.17. The van der Waals surface area contributed by atoms with Crippen LogP contribution in [0.25, 0.3) is 0 Å². The van der Waals surface area contributed by atoms with Gasteiger partial charge in [-0.15, -0.1) is 0 Å². The third kappa shape index (κ3) is 4.30. The van der Waals surface area contributed by atoms with Crippen molar-refractivity contribution in [2.75, 3.05) is 17.3 Å². The molecule has 0 radical (unpaired) electrons. The summed E-state index contributed by atoms with van der Waals surface area (Å²) in [5.41, 5.74) is 2.79. The van der Waals surface area contributed by atoms with Crippen molar-refractivity contribution in [1.82, 2.24) is 0 Å². The van der Waals surface area contributed by atoms with Crippen molar-refractivity contribution in [3.05, 3.63) is 94.5 Å². The van der Waals surface area contributed by atoms with E-state index in [1.165, 1.54) is 6.07 Å². The van der Waals surface area contributed by atoms with Crippen molar-refractivity contribution in [1.29, 1.82) is 0 Å². The minimum absolute atomic E-state index is 0.0534. The van der Waals surface area contributed by atoms with Crippen LogP contribution < -0.4 is 10.2 Å². The number of carbonyl (C=O) groups is 1. The van der Waals surface area contributed by atoms with Crippen LogP contribution in [-0.4, -0.2) is 17.9 Å². The molecule has 0 spiro atoms. The van der Waals surface area contributed by atoms with E-state index in [1.807, 2.05) is 66.5 Å². The lowest BCUT2D eigenvalue weighted by Gasteiger charge is -2.22. The van der Waals surface area contributed by atoms with Gasteiger partial charge in [0.05, 0.1) is 22.7 Å². The van der Waals surface area contributed by atoms with E-state index in [4.69, 9.17) is 0 Å². The average molecular weight is 361 g/mol. The van der Waals surface area contributed by atoms with E-state index in [2.05, 4.69) is 5.32 Å². The van der Waals surface area contributed by atoms with Crippen molar-refractivity contribution in [3.63, 3.8) is 0 Å². The van der Waals surface area contributed by atoms with Gasteiger partial charge in [-0.1, -0.05) is 48.5 Å². The number of anilines is 3. The molecule has 0 aliphatic carbocycles. The van der Waals surface area contributed by atoms with Gasteiger partial charge in [-0.3, -0.25) is 14.9 Å². The van der Waals surface area contributed by atoms with Crippen LogP contribution >= 0.6 is 0 Å². The van der Waals surface area contributed by atoms with Crippen LogP contribution in [0.4, 0.5) is 22.7 Å². The molecule has 0 heterocycles. The van der Waals surface area contributed by atoms with Crippen LogP contribution in [0.15, 0.2) is 78.9 Å². The maximum atomic E-state index is 12.5. The molecule has 0 unspecified atom stereocenters. The second kappa shape index (κ2) is 8.14. The van der Waals surface area contributed by atoms with E-state index in [0.29, 0.717) is 11.3 Å². The number of para-hydroxylation sites is 4. The van der Waals surface area contributed by atoms with Crippen LogP contribution in [0.1, 0.15) is 5.56 Å². The Morgan fingerprint density at radius 1 is 0.963 bits per heavy atom. The molecule has 0 fully saturated rings. The Balaban J connectivity index is 1.81. The number of benzene rings is 3. The quantitative estimate of drug-likeness (QED) is 0.516. The predicted octanol–water partition coefficient (Wildman–Crippen LogP) is 4.54. The van der Waals surface area contributed by atoms with E-state index < -0.39 is 4.92 Å². The summed E-state index contributed by atoms with van der Waals surface area (Å²) in [4.78, 5) is 25.1. The molecule has 6 heteroatoms. The lowest BCUT2D eigenvalue weighted by Crippen LogP contribution is -2.18. The van der Waals surface area contributed by atoms with E-state index in [1.54, 1.807) is 18.2 Å². The molecular formula is C21H19N3O3. The van der Waals surface area contributed by atoms with Gasteiger partial charge in [-0.05, 0) is 24.3 Å². The summed E-state index contributed by atoms with van der Waals surface area (Å²) in [6, 6.07) is 23.5. The normalized spacial score (nSPS) is 10.3. The molecular weight excluding hydrogens is 342 g/mol. The highest BCUT2D eigenvalue weighted by Crippen LogP contribution is 2.30. The maximum absolute atomic E-state index is 12.5. The highest BCUT2D eigenvalue weighted by atomic mass is 16.6. The monoisotopic (exact) mass is 361 g/mol. The topological polar surface area (TPSA) is 75.5 Å². The summed E-state index contributed by atoms with van der Waals surface area (Å²) in [5.74, 6) is -0.307. The van der Waals surface area contributed by atoms with Gasteiger partial charge >= 0.3 is 0 Å². The van der Waals surface area contributed by atoms with Crippen LogP contribution in [0, 0.1) is 10.1 Å². The van der Waals surface area contributed by atoms with Gasteiger partial charge in [0.15, 0.2) is 0 Å². The molecule has 6 nitrogen and oxygen atoms in total. The first-order valence-corrected chi connectivity index (χ1v) is 8.46. The van der Waals surface area contributed by atoms with Gasteiger partial charge in [0.1, 0.15) is 0 Å². The molecule has 3 aromatic carbocycles. The lowest BCUT2D eigenvalue weighted by atomic mass is 10.1. The van der Waals surface area contributed by atoms with Crippen molar-refractivity contribution >= 4 is 28.7 Å². The minimum Gasteiger partial charge on any atom is -0.343 e. The van der Waals surface area contributed by atoms with Gasteiger partial charge in [-0.2, -0.15) is 0 Å². The molecule has 1 amide bonds. The van der Waals surface area contributed by atoms with E-state index in [9.17, 15) is 14.9 Å². The Bertz CT molecular complexity index is 958. The van der Waals surface area contributed by atoms with Gasteiger partial charge in [-0.25, -0.2) is 0 Å². The third-order valence-corrected chi connectivity index (χ3v) is 4.22. The number of rotatable bonds is 6. The van der Waals surface area contributed by atoms with Crippen LogP contribution in [0.2, 0.25) is 0 Å². The summed E-state index contributed by atoms with van der Waals surface area (Å²) in [5, 5.41) is 14.0. The van der Waals surface area contributed by atoms with Crippen LogP contribution in [0.5, 0.6) is 0 Å². The third-order valence-electron chi connectivity index (χ3n) is 4.22. The minimum atomic E-state index is -0.472. The predicted molar refractivity (Wildman–Crippen MR) is 106 cm³/mol. The largest absolute Gasteiger partial charge is 0.343 e. The molecule has 0 saturated carbocycles. The highest BCUT2D eigenvalue weighted by molar-refractivity contribution is 5.96. The summed E-state index contributed by atoms with van der Waals surface area (Å²) >= 11 is 0. The Kier molecular flexibility index (Phi) is 5.47. The van der Waals surface area contributed by atoms with Crippen molar-refractivity contribution in [2.24, 2.45) is 0 Å². The number of hydrogen-bond donors (Lipinski definition) is 1. The number of hydrogen-bond acceptors (Lipinski definition) is 4. The SMILES string of the molecule is CN(c1ccccc1)c1ccccc1NC(=O)Cc1ccccc1[N+](=O)[O-]. The van der Waals surface area contributed by atoms with Crippen LogP contribution in [0.3, 0.4) is 0 Å². The standard InChI is InChI=1S/C21H19N3O3/c1-23(17-10-3-2-4-11-17)20-14-8-6-12-18(20)22-21(25)15-16-9-5-7-13-19(16)24(26)27/h2-14H,15H2,1H3,(H,22,25). The van der Waals surface area contributed by atoms with Gasteiger partial charge in [0.25, 0.3) is 5.69 Å². The first-order chi connectivity index (χ1) is 13.1. The number of carbonyl (C=O) groups excluding carboxylic acids is 1. The fourth-order valence-corrected chi connectivity index (χ4v) is 2.87. The zero-order valence-electron chi connectivity index (χ0n) is 14.8. The number of nitrogens with one attached hydrogen (secondary N) is 1. The summed E-state index contributed by atoms with van der Waals surface area (Å²) in [6.45, 7) is 0. The molecule has 27 heavy (non-hydrogen) atoms. The van der Waals surface area contributed by atoms with Gasteiger partial charge in [0.2, 0.25) is 5.91 Å². The second-order valence-electron chi connectivity index (χ2n) is 6.02. The second-order valence-corrected chi connectivity index (χ2v) is 6.02. The number of nitro groups is 1. The van der Waals surface area contributed by atoms with Crippen molar-refractivity contribution in [3.8, 4) is 0 Å². The van der Waals surface area contributed by atoms with E-state index in [0.717, 1.165) is 11.4 Å². The molecule has 0 saturated heterocycles. The number of nitrogens with zero attached hydrogens (tertiary/aromatic N) is 2. The molecule has 0 atom stereocenters. The summed E-state index contributed by atoms with van der Waals surface area (Å²) in [7, 11) is 1.92. The molecule has 0 aliphatic rings. The Morgan fingerprint density at radius 2 is 1.59 bits per heavy atom. The van der Waals surface area contributed by atoms with Gasteiger partial charge in [0, 0.05) is 24.4 Å². The molecule has 0 aliphatic heterocycles. The number of nitro benzene ring substituents is 1. The fourth-order valence-electron chi connectivity index (χ4n) is 2.87. The molecule has 136 valence electrons. The first-order valence-electron chi connectivity index (χ1n) is 8.46. The summed E-state index contributed by atoms with van der Waals surface area (Å²) in [6.07, 6.45) is -0.0689. The molecule has 1 N–H and O–H groups in total. The fraction of sp³-hybridized carbons (Fsp3) is 0.0952. The van der Waals surface area contributed by atoms with Crippen molar-refractivity contribution in [2.45, 2.75) is 6.42 Å². The van der Waals surface area contributed by atoms with Crippen molar-refractivity contribution < 1.29 is 9.72 Å². The van der Waals surface area contributed by atoms with E-state index >= 15 is 0 Å². The Morgan fingerprint density at radius 3 is 2.33 bits per heavy atom. The molecule has 3 rings (SSSR count). The molecule has 0 aromatic heterocycles. The Hall–Kier alpha value is -3.67. The van der Waals surface area contributed by atoms with Gasteiger partial charge < -0.3 is 10.2 Å². The van der Waals surface area contributed by atoms with Crippen LogP contribution in [-0.2, 0) is 11.2 Å². The average Bonchev–Trinajstić information content (AvgIpc) is 2.69. The van der Waals surface area contributed by atoms with E-state index in [-0.39, 0.29) is 18.0 Å². The maximum Gasteiger partial charge on any atom is 0.273 e. The smallest absolute Gasteiger partial charge is 0.273 e. The Labute approximate surface area is 157 Å². The molecule has 3 aromatic rings. The zero-order valence-corrected chi connectivity index (χ0v) is 14.8. The zero-order chi connectivity index (χ0) is 19.2. The summed E-state index contributed by atoms with van der Waals surface area (Å²) < 4.78 is 0. The lowest BCUT2D eigenvalue weighted by molar-refractivity contribution is -0.385. The number of amides is 1. The molecule has 0 bridgehead atoms. The first kappa shape index (κ1) is 18.1.